The van der Waals surface area contributed by atoms with Crippen molar-refractivity contribution in [1.29, 1.82) is 0 Å². The Kier molecular flexibility index (Phi) is 5.25. The van der Waals surface area contributed by atoms with Crippen molar-refractivity contribution in [2.45, 2.75) is 54.9 Å². The molecule has 0 spiro atoms. The number of hydrogen-bond acceptors (Lipinski definition) is 1. The van der Waals surface area contributed by atoms with Crippen molar-refractivity contribution in [2.24, 2.45) is 17.8 Å². The van der Waals surface area contributed by atoms with E-state index in [0.29, 0.717) is 0 Å². The van der Waals surface area contributed by atoms with Crippen LogP contribution in [0.1, 0.15) is 51.4 Å². The van der Waals surface area contributed by atoms with Gasteiger partial charge < -0.3 is 21.7 Å². The predicted molar refractivity (Wildman–Crippen MR) is 66.7 cm³/mol. The summed E-state index contributed by atoms with van der Waals surface area (Å²) in [4.78, 5) is 0. The molecule has 5 fully saturated rings. The van der Waals surface area contributed by atoms with E-state index in [2.05, 4.69) is 21.7 Å². The molecule has 1 heterocycles. The van der Waals surface area contributed by atoms with E-state index in [1.54, 1.807) is 38.5 Å². The summed E-state index contributed by atoms with van der Waals surface area (Å²) in [6, 6.07) is 0. The second-order valence-corrected chi connectivity index (χ2v) is 8.24. The van der Waals surface area contributed by atoms with Crippen LogP contribution in [0.2, 0.25) is 3.54 Å². The summed E-state index contributed by atoms with van der Waals surface area (Å²) in [6.07, 6.45) is 12.1. The number of rotatable bonds is 0. The minimum absolute atomic E-state index is 0. The van der Waals surface area contributed by atoms with Crippen LogP contribution >= 0.6 is 0 Å². The van der Waals surface area contributed by atoms with Crippen molar-refractivity contribution < 1.29 is 21.7 Å². The molecule has 0 aromatic carbocycles. The molecular formula is C14H23BrMgO. The first-order chi connectivity index (χ1) is 7.73. The molecule has 0 N–H and O–H groups in total. The Labute approximate surface area is 129 Å². The molecule has 4 bridgehead atoms. The Morgan fingerprint density at radius 2 is 1.24 bits per heavy atom. The fourth-order valence-corrected chi connectivity index (χ4v) is 6.03. The fraction of sp³-hybridized carbons (Fsp3) is 1.00. The van der Waals surface area contributed by atoms with Crippen LogP contribution in [0.25, 0.3) is 0 Å². The van der Waals surface area contributed by atoms with E-state index in [1.807, 2.05) is 0 Å². The van der Waals surface area contributed by atoms with Gasteiger partial charge in [-0.25, -0.2) is 0 Å². The molecule has 0 unspecified atom stereocenters. The van der Waals surface area contributed by atoms with Crippen molar-refractivity contribution in [2.75, 3.05) is 13.2 Å². The summed E-state index contributed by atoms with van der Waals surface area (Å²) in [5, 5.41) is 0. The number of ether oxygens (including phenoxy) is 1. The van der Waals surface area contributed by atoms with Crippen molar-refractivity contribution in [3.05, 3.63) is 0 Å². The van der Waals surface area contributed by atoms with Gasteiger partial charge in [0.25, 0.3) is 0 Å². The van der Waals surface area contributed by atoms with Gasteiger partial charge in [0.1, 0.15) is 0 Å². The summed E-state index contributed by atoms with van der Waals surface area (Å²) in [7, 11) is 0. The Morgan fingerprint density at radius 1 is 0.824 bits per heavy atom. The zero-order valence-corrected chi connectivity index (χ0v) is 13.8. The molecule has 0 amide bonds. The second kappa shape index (κ2) is 6.11. The molecule has 5 aliphatic rings. The first kappa shape index (κ1) is 14.6. The molecule has 4 saturated carbocycles. The maximum atomic E-state index is 4.94. The zero-order chi connectivity index (χ0) is 11.0. The Balaban J connectivity index is 0.000000155. The van der Waals surface area contributed by atoms with Gasteiger partial charge in [-0.15, -0.1) is 0 Å². The SMILES string of the molecule is C1CCOC1.[Br-].[Mg+][C]12CC3CC(CC(C3)C1)C2. The molecule has 0 aromatic heterocycles. The third kappa shape index (κ3) is 3.61. The number of hydrogen-bond donors (Lipinski definition) is 0. The van der Waals surface area contributed by atoms with Gasteiger partial charge in [-0.2, -0.15) is 0 Å². The maximum absolute atomic E-state index is 4.94. The first-order valence-electron chi connectivity index (χ1n) is 7.17. The topological polar surface area (TPSA) is 9.23 Å². The second-order valence-electron chi connectivity index (χ2n) is 6.74. The van der Waals surface area contributed by atoms with Gasteiger partial charge in [0.05, 0.1) is 0 Å². The van der Waals surface area contributed by atoms with Crippen LogP contribution < -0.4 is 17.0 Å². The Morgan fingerprint density at radius 3 is 1.47 bits per heavy atom. The molecule has 1 saturated heterocycles. The van der Waals surface area contributed by atoms with Crippen LogP contribution in [-0.4, -0.2) is 34.9 Å². The monoisotopic (exact) mass is 310 g/mol. The van der Waals surface area contributed by atoms with Gasteiger partial charge in [0.15, 0.2) is 0 Å². The quantitative estimate of drug-likeness (QED) is 0.587. The first-order valence-corrected chi connectivity index (χ1v) is 7.87. The van der Waals surface area contributed by atoms with Crippen molar-refractivity contribution >= 4 is 21.7 Å². The molecule has 1 nitrogen and oxygen atoms in total. The average Bonchev–Trinajstić information content (AvgIpc) is 2.70. The van der Waals surface area contributed by atoms with Crippen LogP contribution in [0, 0.1) is 17.8 Å². The van der Waals surface area contributed by atoms with Crippen LogP contribution in [0.5, 0.6) is 0 Å². The van der Waals surface area contributed by atoms with Gasteiger partial charge >= 0.3 is 81.5 Å². The van der Waals surface area contributed by atoms with Gasteiger partial charge in [0.2, 0.25) is 0 Å². The van der Waals surface area contributed by atoms with Gasteiger partial charge in [-0.05, 0) is 12.8 Å². The summed E-state index contributed by atoms with van der Waals surface area (Å²) in [6.45, 7) is 2.00. The molecule has 4 aliphatic carbocycles. The summed E-state index contributed by atoms with van der Waals surface area (Å²) in [5.41, 5.74) is 0. The van der Waals surface area contributed by atoms with Gasteiger partial charge in [-0.3, -0.25) is 0 Å². The van der Waals surface area contributed by atoms with Crippen molar-refractivity contribution in [3.8, 4) is 0 Å². The molecule has 1 aliphatic heterocycles. The van der Waals surface area contributed by atoms with E-state index < -0.39 is 0 Å². The molecule has 0 aromatic rings. The molecule has 0 radical (unpaired) electrons. The fourth-order valence-electron chi connectivity index (χ4n) is 4.80. The predicted octanol–water partition coefficient (Wildman–Crippen LogP) is 0.344. The van der Waals surface area contributed by atoms with Crippen LogP contribution in [0.15, 0.2) is 0 Å². The molecular weight excluding hydrogens is 288 g/mol. The number of halogens is 1. The Hall–Kier alpha value is 1.21. The Bertz CT molecular complexity index is 210. The van der Waals surface area contributed by atoms with E-state index in [-0.39, 0.29) is 17.0 Å². The van der Waals surface area contributed by atoms with Crippen molar-refractivity contribution in [1.82, 2.24) is 0 Å². The zero-order valence-electron chi connectivity index (χ0n) is 10.8. The summed E-state index contributed by atoms with van der Waals surface area (Å²) in [5.74, 6) is 3.45. The summed E-state index contributed by atoms with van der Waals surface area (Å²) >= 11 is 2.33. The van der Waals surface area contributed by atoms with E-state index in [1.165, 1.54) is 12.8 Å². The third-order valence-electron chi connectivity index (χ3n) is 4.99. The minimum atomic E-state index is 0. The van der Waals surface area contributed by atoms with E-state index >= 15 is 0 Å². The van der Waals surface area contributed by atoms with Crippen LogP contribution in [0.3, 0.4) is 0 Å². The third-order valence-corrected chi connectivity index (χ3v) is 5.86. The van der Waals surface area contributed by atoms with E-state index in [9.17, 15) is 0 Å². The molecule has 94 valence electrons. The van der Waals surface area contributed by atoms with Crippen molar-refractivity contribution in [3.63, 3.8) is 0 Å². The van der Waals surface area contributed by atoms with E-state index in [4.69, 9.17) is 4.74 Å². The average molecular weight is 312 g/mol. The van der Waals surface area contributed by atoms with E-state index in [0.717, 1.165) is 34.5 Å². The van der Waals surface area contributed by atoms with Gasteiger partial charge in [0, 0.05) is 13.2 Å². The summed E-state index contributed by atoms with van der Waals surface area (Å²) < 4.78 is 5.77. The molecule has 3 heteroatoms. The normalized spacial score (nSPS) is 46.1. The molecule has 17 heavy (non-hydrogen) atoms. The van der Waals surface area contributed by atoms with Gasteiger partial charge in [-0.1, -0.05) is 0 Å². The van der Waals surface area contributed by atoms with Crippen LogP contribution in [-0.2, 0) is 4.74 Å². The molecule has 5 rings (SSSR count). The van der Waals surface area contributed by atoms with Crippen LogP contribution in [0.4, 0.5) is 0 Å². The molecule has 0 atom stereocenters. The standard InChI is InChI=1S/C10H15.C4H8O.BrH.Mg/c1-7-2-9-4-8(1)5-10(3-7)6-9;1-2-4-5-3-1;;/h7-9H,1-6H2;1-4H2;1H;/q;;;+1/p-1.